The molecular weight excluding hydrogens is 546 g/mol. The van der Waals surface area contributed by atoms with Crippen molar-refractivity contribution in [1.29, 1.82) is 0 Å². The van der Waals surface area contributed by atoms with E-state index >= 15 is 0 Å². The fourth-order valence-corrected chi connectivity index (χ4v) is 2.69. The van der Waals surface area contributed by atoms with Gasteiger partial charge in [-0.2, -0.15) is 6.42 Å². The van der Waals surface area contributed by atoms with Crippen LogP contribution in [0.3, 0.4) is 0 Å². The fraction of sp³-hybridized carbons (Fsp3) is 0.545. The number of dihydropyridines is 1. The Bertz CT molecular complexity index is 378. The Labute approximate surface area is 123 Å². The number of carbonyl (C=O) groups excluding carboxylic acids is 1. The molecule has 0 aromatic heterocycles. The average molecular weight is 558 g/mol. The van der Waals surface area contributed by atoms with Gasteiger partial charge in [0.05, 0.1) is 5.91 Å². The van der Waals surface area contributed by atoms with Crippen molar-refractivity contribution in [3.63, 3.8) is 0 Å². The number of nitrogens with zero attached hydrogens (tertiary/aromatic N) is 2. The normalized spacial score (nSPS) is 30.8. The van der Waals surface area contributed by atoms with E-state index in [2.05, 4.69) is 16.7 Å². The van der Waals surface area contributed by atoms with Crippen molar-refractivity contribution in [2.24, 2.45) is 10.9 Å². The van der Waals surface area contributed by atoms with Crippen LogP contribution in [-0.2, 0) is 46.3 Å². The third-order valence-corrected chi connectivity index (χ3v) is 3.31. The van der Waals surface area contributed by atoms with Crippen LogP contribution in [-0.4, -0.2) is 17.7 Å². The maximum Gasteiger partial charge on any atom is 0.0586 e. The number of carbonyl (C=O) groups is 1. The minimum absolute atomic E-state index is 0. The van der Waals surface area contributed by atoms with Crippen LogP contribution in [0, 0.1) is 12.3 Å². The molecule has 0 bridgehead atoms. The third kappa shape index (κ3) is 2.13. The number of amides is 1. The maximum atomic E-state index is 11.3. The van der Waals surface area contributed by atoms with Crippen LogP contribution < -0.4 is 0 Å². The van der Waals surface area contributed by atoms with Gasteiger partial charge in [0.2, 0.25) is 0 Å². The van der Waals surface area contributed by atoms with E-state index < -0.39 is 0 Å². The summed E-state index contributed by atoms with van der Waals surface area (Å²) in [6.45, 7) is 1.96. The predicted octanol–water partition coefficient (Wildman–Crippen LogP) is 2.00. The van der Waals surface area contributed by atoms with Crippen molar-refractivity contribution >= 4 is 11.6 Å². The Morgan fingerprint density at radius 3 is 3.00 bits per heavy atom. The van der Waals surface area contributed by atoms with E-state index in [1.54, 1.807) is 0 Å². The Kier molecular flexibility index (Phi) is 4.69. The molecule has 2 heterocycles. The maximum absolute atomic E-state index is 11.3. The number of aliphatic imine (C=N–C) groups is 1. The van der Waals surface area contributed by atoms with Crippen molar-refractivity contribution in [3.8, 4) is 0 Å². The van der Waals surface area contributed by atoms with E-state index in [1.807, 2.05) is 6.92 Å². The fourth-order valence-electron chi connectivity index (χ4n) is 2.69. The summed E-state index contributed by atoms with van der Waals surface area (Å²) in [5.74, 6) is 0.487. The summed E-state index contributed by atoms with van der Waals surface area (Å²) in [4.78, 5) is 15.8. The molecular formula is C11H12N2OReW-2. The van der Waals surface area contributed by atoms with E-state index in [9.17, 15) is 4.79 Å². The van der Waals surface area contributed by atoms with E-state index in [1.165, 1.54) is 5.57 Å². The molecule has 0 saturated heterocycles. The van der Waals surface area contributed by atoms with Gasteiger partial charge in [0, 0.05) is 53.6 Å². The summed E-state index contributed by atoms with van der Waals surface area (Å²) in [5, 5.41) is 4.05. The molecule has 1 saturated carbocycles. The van der Waals surface area contributed by atoms with Crippen LogP contribution in [0.2, 0.25) is 0 Å². The second-order valence-corrected chi connectivity index (χ2v) is 4.18. The number of hydrogen-bond donors (Lipinski definition) is 0. The topological polar surface area (TPSA) is 43.5 Å². The molecule has 3 aliphatic rings. The smallest absolute Gasteiger partial charge is 0.0586 e. The van der Waals surface area contributed by atoms with Crippen LogP contribution in [0.5, 0.6) is 0 Å². The molecule has 1 fully saturated rings. The van der Waals surface area contributed by atoms with Crippen LogP contribution in [0.25, 0.3) is 5.32 Å². The Hall–Kier alpha value is 0.231. The molecule has 87 valence electrons. The minimum atomic E-state index is 0. The molecule has 3 nitrogen and oxygen atoms in total. The first-order chi connectivity index (χ1) is 6.75. The standard InChI is InChI=1S/C11H13N2O.Re.W/c1-6-11-8(5-10(14)13-11)7-3-2-4-9(7)12-6;;/h4,7,9H,2-3,5H2,1H3,(H,13,14);;/q-1;;/p-1. The molecule has 1 amide bonds. The zero-order chi connectivity index (χ0) is 9.71. The van der Waals surface area contributed by atoms with E-state index in [-0.39, 0.29) is 47.4 Å². The Balaban J connectivity index is 0.000000640. The zero-order valence-corrected chi connectivity index (χ0v) is 14.6. The number of allylic oxidation sites excluding steroid dienone is 1. The number of hydrogen-bond acceptors (Lipinski definition) is 2. The largest absolute Gasteiger partial charge is 0.625 e. The molecule has 5 heteroatoms. The Morgan fingerprint density at radius 2 is 2.25 bits per heavy atom. The summed E-state index contributed by atoms with van der Waals surface area (Å²) in [6.07, 6.45) is 5.07. The molecule has 3 rings (SSSR count). The quantitative estimate of drug-likeness (QED) is 0.420. The first-order valence-electron chi connectivity index (χ1n) is 5.11. The second-order valence-electron chi connectivity index (χ2n) is 4.18. The van der Waals surface area contributed by atoms with Gasteiger partial charge in [-0.15, -0.1) is 5.70 Å². The van der Waals surface area contributed by atoms with Crippen molar-refractivity contribution in [2.45, 2.75) is 32.2 Å². The van der Waals surface area contributed by atoms with E-state index in [0.29, 0.717) is 18.4 Å². The molecule has 2 unspecified atom stereocenters. The van der Waals surface area contributed by atoms with Gasteiger partial charge in [0.15, 0.2) is 0 Å². The SMILES string of the molecule is CC1=NC2[CH-]CCC2C2=C1[N-]C(=O)C2.[Re].[W]. The molecule has 2 atom stereocenters. The molecule has 0 N–H and O–H groups in total. The van der Waals surface area contributed by atoms with Gasteiger partial charge in [-0.05, 0) is 12.8 Å². The summed E-state index contributed by atoms with van der Waals surface area (Å²) in [7, 11) is 0. The summed E-state index contributed by atoms with van der Waals surface area (Å²) in [5.41, 5.74) is 3.10. The van der Waals surface area contributed by atoms with Gasteiger partial charge in [-0.3, -0.25) is 0 Å². The molecule has 2 aliphatic heterocycles. The Morgan fingerprint density at radius 1 is 1.50 bits per heavy atom. The number of fused-ring (bicyclic) bond motifs is 2. The van der Waals surface area contributed by atoms with Gasteiger partial charge < -0.3 is 21.5 Å². The summed E-state index contributed by atoms with van der Waals surface area (Å²) >= 11 is 0. The van der Waals surface area contributed by atoms with Gasteiger partial charge in [0.25, 0.3) is 0 Å². The van der Waals surface area contributed by atoms with Gasteiger partial charge in [0.1, 0.15) is 0 Å². The summed E-state index contributed by atoms with van der Waals surface area (Å²) in [6, 6.07) is 0.329. The van der Waals surface area contributed by atoms with Gasteiger partial charge in [-0.25, -0.2) is 0 Å². The molecule has 0 aromatic rings. The number of rotatable bonds is 0. The molecule has 0 spiro atoms. The molecule has 16 heavy (non-hydrogen) atoms. The minimum Gasteiger partial charge on any atom is -0.625 e. The zero-order valence-electron chi connectivity index (χ0n) is 8.94. The van der Waals surface area contributed by atoms with Crippen molar-refractivity contribution < 1.29 is 46.3 Å². The monoisotopic (exact) mass is 559 g/mol. The third-order valence-electron chi connectivity index (χ3n) is 3.31. The second kappa shape index (κ2) is 5.25. The van der Waals surface area contributed by atoms with Crippen molar-refractivity contribution in [2.75, 3.05) is 0 Å². The average Bonchev–Trinajstić information content (AvgIpc) is 2.69. The van der Waals surface area contributed by atoms with Crippen molar-refractivity contribution in [3.05, 3.63) is 23.0 Å². The van der Waals surface area contributed by atoms with E-state index in [0.717, 1.165) is 24.3 Å². The van der Waals surface area contributed by atoms with Crippen LogP contribution in [0.1, 0.15) is 26.2 Å². The molecule has 1 aliphatic carbocycles. The first-order valence-corrected chi connectivity index (χ1v) is 5.11. The first kappa shape index (κ1) is 14.3. The van der Waals surface area contributed by atoms with Crippen LogP contribution >= 0.6 is 0 Å². The van der Waals surface area contributed by atoms with E-state index in [4.69, 9.17) is 0 Å². The van der Waals surface area contributed by atoms with Crippen LogP contribution in [0.15, 0.2) is 16.3 Å². The summed E-state index contributed by atoms with van der Waals surface area (Å²) < 4.78 is 0. The predicted molar refractivity (Wildman–Crippen MR) is 53.9 cm³/mol. The van der Waals surface area contributed by atoms with Gasteiger partial charge >= 0.3 is 0 Å². The van der Waals surface area contributed by atoms with Crippen LogP contribution in [0.4, 0.5) is 0 Å². The molecule has 0 aromatic carbocycles. The van der Waals surface area contributed by atoms with Gasteiger partial charge in [-0.1, -0.05) is 18.0 Å². The van der Waals surface area contributed by atoms with Crippen molar-refractivity contribution in [1.82, 2.24) is 0 Å². The molecule has 1 radical (unpaired) electrons.